The highest BCUT2D eigenvalue weighted by Crippen LogP contribution is 2.30. The molecule has 218 valence electrons. The van der Waals surface area contributed by atoms with E-state index in [-0.39, 0.29) is 30.4 Å². The Morgan fingerprint density at radius 3 is 2.81 bits per heavy atom. The number of esters is 1. The molecule has 10 nitrogen and oxygen atoms in total. The van der Waals surface area contributed by atoms with Gasteiger partial charge in [-0.25, -0.2) is 19.0 Å². The molecule has 0 aliphatic carbocycles. The number of rotatable bonds is 9. The van der Waals surface area contributed by atoms with Crippen LogP contribution in [0.2, 0.25) is 0 Å². The number of imidazole rings is 1. The first-order chi connectivity index (χ1) is 20.4. The highest BCUT2D eigenvalue weighted by atomic mass is 32.1. The fraction of sp³-hybridized carbons (Fsp3) is 0.400. The number of thiophene rings is 1. The number of fused-ring (bicyclic) bond motifs is 1. The average Bonchev–Trinajstić information content (AvgIpc) is 3.53. The van der Waals surface area contributed by atoms with Crippen LogP contribution in [0.3, 0.4) is 0 Å². The van der Waals surface area contributed by atoms with Gasteiger partial charge in [-0.2, -0.15) is 4.98 Å². The van der Waals surface area contributed by atoms with Crippen molar-refractivity contribution in [2.45, 2.75) is 45.2 Å². The summed E-state index contributed by atoms with van der Waals surface area (Å²) in [6.07, 6.45) is 1.17. The molecule has 0 amide bonds. The number of aromatic nitrogens is 3. The van der Waals surface area contributed by atoms with Gasteiger partial charge in [0.15, 0.2) is 5.69 Å². The Hall–Kier alpha value is -4.05. The predicted octanol–water partition coefficient (Wildman–Crippen LogP) is 5.05. The zero-order chi connectivity index (χ0) is 29.2. The van der Waals surface area contributed by atoms with E-state index in [0.29, 0.717) is 29.4 Å². The number of nitrogens with zero attached hydrogens (tertiary/aromatic N) is 6. The first-order valence-electron chi connectivity index (χ1n) is 13.9. The summed E-state index contributed by atoms with van der Waals surface area (Å²) in [5.74, 6) is 1.38. The lowest BCUT2D eigenvalue weighted by Crippen LogP contribution is -2.52. The van der Waals surface area contributed by atoms with Crippen molar-refractivity contribution in [2.75, 3.05) is 38.3 Å². The van der Waals surface area contributed by atoms with E-state index < -0.39 is 5.82 Å². The molecule has 2 aliphatic rings. The van der Waals surface area contributed by atoms with Crippen LogP contribution in [0.1, 0.15) is 34.4 Å². The van der Waals surface area contributed by atoms with Crippen LogP contribution in [0.4, 0.5) is 15.9 Å². The van der Waals surface area contributed by atoms with E-state index >= 15 is 0 Å². The molecule has 0 saturated carbocycles. The molecule has 6 rings (SSSR count). The lowest BCUT2D eigenvalue weighted by Gasteiger charge is -2.40. The third kappa shape index (κ3) is 5.81. The van der Waals surface area contributed by atoms with E-state index in [2.05, 4.69) is 31.1 Å². The molecular formula is C30H31FN6O4S. The molecule has 5 heterocycles. The summed E-state index contributed by atoms with van der Waals surface area (Å²) in [6, 6.07) is 12.1. The number of piperazine rings is 1. The predicted molar refractivity (Wildman–Crippen MR) is 157 cm³/mol. The van der Waals surface area contributed by atoms with Crippen molar-refractivity contribution in [3.05, 3.63) is 76.0 Å². The number of halogens is 1. The molecule has 0 spiro atoms. The average molecular weight is 591 g/mol. The van der Waals surface area contributed by atoms with Gasteiger partial charge in [0.1, 0.15) is 33.8 Å². The smallest absolute Gasteiger partial charge is 0.348 e. The molecule has 4 aromatic rings. The fourth-order valence-electron chi connectivity index (χ4n) is 5.27. The molecule has 0 radical (unpaired) electrons. The number of benzene rings is 1. The topological polar surface area (TPSA) is 86.3 Å². The third-order valence-corrected chi connectivity index (χ3v) is 8.77. The number of carbonyl (C=O) groups excluding carboxylic acids is 1. The molecular weight excluding hydrogens is 559 g/mol. The highest BCUT2D eigenvalue weighted by Gasteiger charge is 2.29. The van der Waals surface area contributed by atoms with E-state index in [1.807, 2.05) is 18.2 Å². The molecule has 0 bridgehead atoms. The van der Waals surface area contributed by atoms with Crippen molar-refractivity contribution in [3.8, 4) is 5.88 Å². The van der Waals surface area contributed by atoms with Crippen molar-refractivity contribution in [3.63, 3.8) is 0 Å². The van der Waals surface area contributed by atoms with Crippen LogP contribution in [0.25, 0.3) is 15.2 Å². The minimum absolute atomic E-state index is 0.0296. The Balaban J connectivity index is 1.12. The number of anilines is 1. The van der Waals surface area contributed by atoms with Crippen molar-refractivity contribution in [1.82, 2.24) is 19.4 Å². The molecule has 2 saturated heterocycles. The van der Waals surface area contributed by atoms with Gasteiger partial charge in [-0.05, 0) is 31.5 Å². The minimum atomic E-state index is -0.464. The first-order valence-corrected chi connectivity index (χ1v) is 14.7. The van der Waals surface area contributed by atoms with Gasteiger partial charge in [0.25, 0.3) is 0 Å². The number of ether oxygens (including phenoxy) is 3. The van der Waals surface area contributed by atoms with Gasteiger partial charge in [0, 0.05) is 43.9 Å². The van der Waals surface area contributed by atoms with Crippen LogP contribution in [-0.4, -0.2) is 70.9 Å². The van der Waals surface area contributed by atoms with E-state index in [9.17, 15) is 9.18 Å². The van der Waals surface area contributed by atoms with Gasteiger partial charge in [0.05, 0.1) is 38.4 Å². The van der Waals surface area contributed by atoms with E-state index in [0.717, 1.165) is 54.7 Å². The maximum Gasteiger partial charge on any atom is 0.348 e. The van der Waals surface area contributed by atoms with Gasteiger partial charge in [-0.3, -0.25) is 4.90 Å². The third-order valence-electron chi connectivity index (χ3n) is 7.78. The van der Waals surface area contributed by atoms with Crippen molar-refractivity contribution in [1.29, 1.82) is 0 Å². The molecule has 2 atom stereocenters. The van der Waals surface area contributed by atoms with Gasteiger partial charge < -0.3 is 23.7 Å². The summed E-state index contributed by atoms with van der Waals surface area (Å²) in [5, 5.41) is 0. The molecule has 2 fully saturated rings. The zero-order valence-corrected chi connectivity index (χ0v) is 24.3. The number of hydrogen-bond acceptors (Lipinski definition) is 9. The van der Waals surface area contributed by atoms with Crippen molar-refractivity contribution >= 4 is 39.2 Å². The number of hydrogen-bond donors (Lipinski definition) is 0. The Kier molecular flexibility index (Phi) is 8.06. The summed E-state index contributed by atoms with van der Waals surface area (Å²) in [5.41, 5.74) is 1.58. The summed E-state index contributed by atoms with van der Waals surface area (Å²) >= 11 is 1.36. The molecule has 2 aliphatic heterocycles. The standard InChI is InChI=1S/C30H31FN6O4S/c1-19-15-36(26-5-4-6-28(33-26)41-18-20-7-8-21(32-2)13-23(20)31)11-10-35(19)17-27-34-29-24(14-25(42-29)30(38)39-3)37(27)16-22-9-12-40-22/h4-8,13-14,19,22H,9-12,15-18H2,1,3H3/t19-,22?/m0/s1. The molecule has 1 aromatic carbocycles. The van der Waals surface area contributed by atoms with E-state index in [1.165, 1.54) is 24.5 Å². The minimum Gasteiger partial charge on any atom is -0.473 e. The van der Waals surface area contributed by atoms with Crippen molar-refractivity contribution in [2.24, 2.45) is 0 Å². The van der Waals surface area contributed by atoms with Crippen LogP contribution in [-0.2, 0) is 29.2 Å². The fourth-order valence-corrected chi connectivity index (χ4v) is 6.24. The molecule has 42 heavy (non-hydrogen) atoms. The maximum absolute atomic E-state index is 14.3. The van der Waals surface area contributed by atoms with Crippen LogP contribution in [0.5, 0.6) is 5.88 Å². The molecule has 3 aromatic heterocycles. The van der Waals surface area contributed by atoms with Crippen LogP contribution < -0.4 is 9.64 Å². The van der Waals surface area contributed by atoms with Gasteiger partial charge in [0.2, 0.25) is 5.88 Å². The largest absolute Gasteiger partial charge is 0.473 e. The van der Waals surface area contributed by atoms with E-state index in [4.69, 9.17) is 25.8 Å². The zero-order valence-electron chi connectivity index (χ0n) is 23.5. The van der Waals surface area contributed by atoms with Crippen molar-refractivity contribution < 1.29 is 23.4 Å². The lowest BCUT2D eigenvalue weighted by molar-refractivity contribution is -0.0592. The number of methoxy groups -OCH3 is 1. The van der Waals surface area contributed by atoms with Gasteiger partial charge in [-0.1, -0.05) is 18.2 Å². The second-order valence-electron chi connectivity index (χ2n) is 10.5. The second-order valence-corrected chi connectivity index (χ2v) is 11.5. The SMILES string of the molecule is [C-]#[N+]c1ccc(COc2cccc(N3CCN(Cc4nc5sc(C(=O)OC)cc5n4CC4CCO4)[C@@H](C)C3)n2)c(F)c1. The summed E-state index contributed by atoms with van der Waals surface area (Å²) in [4.78, 5) is 31.0. The van der Waals surface area contributed by atoms with Crippen LogP contribution >= 0.6 is 11.3 Å². The molecule has 1 unspecified atom stereocenters. The quantitative estimate of drug-likeness (QED) is 0.198. The number of pyridine rings is 1. The highest BCUT2D eigenvalue weighted by molar-refractivity contribution is 7.20. The van der Waals surface area contributed by atoms with Crippen LogP contribution in [0, 0.1) is 12.4 Å². The molecule has 0 N–H and O–H groups in total. The Morgan fingerprint density at radius 2 is 2.10 bits per heavy atom. The Labute approximate surface area is 247 Å². The Bertz CT molecular complexity index is 1640. The normalized spacial score (nSPS) is 19.0. The first kappa shape index (κ1) is 28.1. The number of carbonyl (C=O) groups is 1. The second kappa shape index (κ2) is 12.1. The van der Waals surface area contributed by atoms with Gasteiger partial charge >= 0.3 is 5.97 Å². The molecule has 12 heteroatoms. The summed E-state index contributed by atoms with van der Waals surface area (Å²) < 4.78 is 32.9. The maximum atomic E-state index is 14.3. The lowest BCUT2D eigenvalue weighted by atomic mass is 10.1. The van der Waals surface area contributed by atoms with Gasteiger partial charge in [-0.15, -0.1) is 11.3 Å². The Morgan fingerprint density at radius 1 is 1.24 bits per heavy atom. The summed E-state index contributed by atoms with van der Waals surface area (Å²) in [7, 11) is 1.39. The summed E-state index contributed by atoms with van der Waals surface area (Å²) in [6.45, 7) is 13.8. The monoisotopic (exact) mass is 590 g/mol. The van der Waals surface area contributed by atoms with E-state index in [1.54, 1.807) is 18.2 Å². The van der Waals surface area contributed by atoms with Crippen LogP contribution in [0.15, 0.2) is 42.5 Å².